The molecule has 0 spiro atoms. The van der Waals surface area contributed by atoms with Gasteiger partial charge in [-0.05, 0) is 36.2 Å². The number of methoxy groups -OCH3 is 1. The van der Waals surface area contributed by atoms with Gasteiger partial charge in [0, 0.05) is 12.6 Å². The highest BCUT2D eigenvalue weighted by atomic mass is 16.6. The maximum Gasteiger partial charge on any atom is 0.335 e. The molecule has 0 fully saturated rings. The van der Waals surface area contributed by atoms with Crippen LogP contribution in [0, 0.1) is 10.1 Å². The summed E-state index contributed by atoms with van der Waals surface area (Å²) in [6, 6.07) is 11.3. The first-order chi connectivity index (χ1) is 11.0. The van der Waals surface area contributed by atoms with Crippen molar-refractivity contribution in [2.45, 2.75) is 6.42 Å². The Morgan fingerprint density at radius 3 is 2.52 bits per heavy atom. The number of rotatable bonds is 7. The van der Waals surface area contributed by atoms with Gasteiger partial charge in [0.15, 0.2) is 0 Å². The van der Waals surface area contributed by atoms with Gasteiger partial charge in [-0.15, -0.1) is 0 Å². The predicted octanol–water partition coefficient (Wildman–Crippen LogP) is 2.96. The van der Waals surface area contributed by atoms with E-state index in [1.807, 2.05) is 24.3 Å². The van der Waals surface area contributed by atoms with Crippen LogP contribution in [0.4, 0.5) is 11.4 Å². The number of nitro benzene ring substituents is 1. The van der Waals surface area contributed by atoms with Crippen LogP contribution >= 0.6 is 0 Å². The van der Waals surface area contributed by atoms with Crippen molar-refractivity contribution in [2.75, 3.05) is 19.0 Å². The van der Waals surface area contributed by atoms with Gasteiger partial charge in [0.1, 0.15) is 11.4 Å². The summed E-state index contributed by atoms with van der Waals surface area (Å²) in [5, 5.41) is 22.9. The minimum absolute atomic E-state index is 0.114. The van der Waals surface area contributed by atoms with Crippen molar-refractivity contribution in [3.05, 3.63) is 63.7 Å². The number of carboxylic acids is 1. The number of carboxylic acid groups (broad SMARTS) is 1. The number of nitro groups is 1. The topological polar surface area (TPSA) is 102 Å². The molecular formula is C16H16N2O5. The molecule has 0 atom stereocenters. The number of ether oxygens (including phenoxy) is 1. The van der Waals surface area contributed by atoms with Crippen molar-refractivity contribution in [3.8, 4) is 5.75 Å². The molecule has 0 radical (unpaired) electrons. The first-order valence-corrected chi connectivity index (χ1v) is 6.90. The van der Waals surface area contributed by atoms with Crippen LogP contribution in [0.15, 0.2) is 42.5 Å². The Morgan fingerprint density at radius 2 is 1.96 bits per heavy atom. The van der Waals surface area contributed by atoms with Crippen molar-refractivity contribution in [1.82, 2.24) is 0 Å². The number of nitrogens with zero attached hydrogens (tertiary/aromatic N) is 1. The van der Waals surface area contributed by atoms with Crippen molar-refractivity contribution in [2.24, 2.45) is 0 Å². The molecule has 0 bridgehead atoms. The van der Waals surface area contributed by atoms with Crippen molar-refractivity contribution in [3.63, 3.8) is 0 Å². The fourth-order valence-electron chi connectivity index (χ4n) is 2.10. The van der Waals surface area contributed by atoms with Gasteiger partial charge in [-0.2, -0.15) is 0 Å². The first kappa shape index (κ1) is 16.3. The zero-order chi connectivity index (χ0) is 16.8. The summed E-state index contributed by atoms with van der Waals surface area (Å²) in [6.07, 6.45) is 0.668. The summed E-state index contributed by atoms with van der Waals surface area (Å²) in [5.74, 6) is -0.431. The van der Waals surface area contributed by atoms with Gasteiger partial charge in [0.25, 0.3) is 5.69 Å². The van der Waals surface area contributed by atoms with Gasteiger partial charge in [0.05, 0.1) is 17.6 Å². The molecule has 0 amide bonds. The summed E-state index contributed by atoms with van der Waals surface area (Å²) < 4.78 is 5.08. The average Bonchev–Trinajstić information content (AvgIpc) is 2.55. The summed E-state index contributed by atoms with van der Waals surface area (Å²) in [5.41, 5.74) is 0.994. The van der Waals surface area contributed by atoms with Crippen LogP contribution in [0.25, 0.3) is 0 Å². The highest BCUT2D eigenvalue weighted by Gasteiger charge is 2.16. The molecule has 2 aromatic rings. The molecule has 120 valence electrons. The van der Waals surface area contributed by atoms with E-state index in [0.29, 0.717) is 18.7 Å². The Balaban J connectivity index is 2.04. The third-order valence-corrected chi connectivity index (χ3v) is 3.33. The number of hydrogen-bond acceptors (Lipinski definition) is 5. The molecule has 2 aromatic carbocycles. The Morgan fingerprint density at radius 1 is 1.26 bits per heavy atom. The zero-order valence-electron chi connectivity index (χ0n) is 12.5. The maximum atomic E-state index is 11.1. The van der Waals surface area contributed by atoms with Gasteiger partial charge in [0.2, 0.25) is 0 Å². The fraction of sp³-hybridized carbons (Fsp3) is 0.188. The van der Waals surface area contributed by atoms with Crippen LogP contribution in [0.5, 0.6) is 5.75 Å². The van der Waals surface area contributed by atoms with E-state index in [1.54, 1.807) is 7.11 Å². The van der Waals surface area contributed by atoms with E-state index in [4.69, 9.17) is 9.84 Å². The second-order valence-electron chi connectivity index (χ2n) is 4.82. The summed E-state index contributed by atoms with van der Waals surface area (Å²) in [7, 11) is 1.59. The van der Waals surface area contributed by atoms with Crippen LogP contribution in [-0.2, 0) is 6.42 Å². The molecule has 0 saturated heterocycles. The first-order valence-electron chi connectivity index (χ1n) is 6.90. The second-order valence-corrected chi connectivity index (χ2v) is 4.82. The Labute approximate surface area is 132 Å². The van der Waals surface area contributed by atoms with Crippen LogP contribution < -0.4 is 10.1 Å². The normalized spacial score (nSPS) is 10.1. The molecule has 2 rings (SSSR count). The van der Waals surface area contributed by atoms with E-state index in [-0.39, 0.29) is 11.3 Å². The minimum Gasteiger partial charge on any atom is -0.497 e. The van der Waals surface area contributed by atoms with E-state index in [9.17, 15) is 14.9 Å². The number of nitrogens with one attached hydrogen (secondary N) is 1. The summed E-state index contributed by atoms with van der Waals surface area (Å²) in [6.45, 7) is 0.486. The zero-order valence-corrected chi connectivity index (χ0v) is 12.5. The molecule has 0 heterocycles. The number of hydrogen-bond donors (Lipinski definition) is 2. The molecule has 0 unspecified atom stereocenters. The van der Waals surface area contributed by atoms with Crippen molar-refractivity contribution in [1.29, 1.82) is 0 Å². The van der Waals surface area contributed by atoms with E-state index >= 15 is 0 Å². The van der Waals surface area contributed by atoms with Crippen LogP contribution in [0.2, 0.25) is 0 Å². The number of benzene rings is 2. The van der Waals surface area contributed by atoms with E-state index in [1.165, 1.54) is 12.1 Å². The summed E-state index contributed by atoms with van der Waals surface area (Å²) >= 11 is 0. The Bertz CT molecular complexity index is 713. The van der Waals surface area contributed by atoms with E-state index in [2.05, 4.69) is 5.32 Å². The fourth-order valence-corrected chi connectivity index (χ4v) is 2.10. The summed E-state index contributed by atoms with van der Waals surface area (Å²) in [4.78, 5) is 21.3. The van der Waals surface area contributed by atoms with E-state index < -0.39 is 10.9 Å². The van der Waals surface area contributed by atoms with Gasteiger partial charge in [-0.3, -0.25) is 10.1 Å². The number of anilines is 1. The lowest BCUT2D eigenvalue weighted by molar-refractivity contribution is -0.384. The molecule has 0 saturated carbocycles. The molecule has 0 aromatic heterocycles. The Hall–Kier alpha value is -3.09. The molecule has 7 nitrogen and oxygen atoms in total. The highest BCUT2D eigenvalue weighted by molar-refractivity contribution is 5.89. The smallest absolute Gasteiger partial charge is 0.335 e. The maximum absolute atomic E-state index is 11.1. The monoisotopic (exact) mass is 316 g/mol. The van der Waals surface area contributed by atoms with Gasteiger partial charge in [-0.1, -0.05) is 12.1 Å². The molecule has 0 aliphatic rings. The van der Waals surface area contributed by atoms with E-state index in [0.717, 1.165) is 17.4 Å². The lowest BCUT2D eigenvalue weighted by atomic mass is 10.1. The standard InChI is InChI=1S/C16H16N2O5/c1-23-13-5-2-11(3-6-13)8-9-17-14-7-4-12(16(19)20)10-15(14)18(21)22/h2-7,10,17H,8-9H2,1H3,(H,19,20). The van der Waals surface area contributed by atoms with Crippen LogP contribution in [0.1, 0.15) is 15.9 Å². The van der Waals surface area contributed by atoms with Crippen LogP contribution in [0.3, 0.4) is 0 Å². The third-order valence-electron chi connectivity index (χ3n) is 3.33. The number of aromatic carboxylic acids is 1. The largest absolute Gasteiger partial charge is 0.497 e. The molecule has 23 heavy (non-hydrogen) atoms. The third kappa shape index (κ3) is 4.19. The quantitative estimate of drug-likeness (QED) is 0.601. The lowest BCUT2D eigenvalue weighted by Crippen LogP contribution is -2.08. The molecule has 7 heteroatoms. The second kappa shape index (κ2) is 7.26. The number of carbonyl (C=O) groups is 1. The SMILES string of the molecule is COc1ccc(CCNc2ccc(C(=O)O)cc2[N+](=O)[O-])cc1. The molecule has 0 aliphatic carbocycles. The predicted molar refractivity (Wildman–Crippen MR) is 85.2 cm³/mol. The average molecular weight is 316 g/mol. The molecular weight excluding hydrogens is 300 g/mol. The van der Waals surface area contributed by atoms with Crippen molar-refractivity contribution < 1.29 is 19.6 Å². The minimum atomic E-state index is -1.20. The molecule has 2 N–H and O–H groups in total. The van der Waals surface area contributed by atoms with Crippen LogP contribution in [-0.4, -0.2) is 29.7 Å². The van der Waals surface area contributed by atoms with Gasteiger partial charge in [-0.25, -0.2) is 4.79 Å². The van der Waals surface area contributed by atoms with Gasteiger partial charge >= 0.3 is 5.97 Å². The molecule has 0 aliphatic heterocycles. The Kier molecular flexibility index (Phi) is 5.14. The highest BCUT2D eigenvalue weighted by Crippen LogP contribution is 2.25. The lowest BCUT2D eigenvalue weighted by Gasteiger charge is -2.08. The van der Waals surface area contributed by atoms with Gasteiger partial charge < -0.3 is 15.2 Å². The van der Waals surface area contributed by atoms with Crippen molar-refractivity contribution >= 4 is 17.3 Å².